The van der Waals surface area contributed by atoms with E-state index in [2.05, 4.69) is 0 Å². The molecule has 0 N–H and O–H groups in total. The van der Waals surface area contributed by atoms with E-state index in [9.17, 15) is 5.21 Å². The van der Waals surface area contributed by atoms with Gasteiger partial charge in [-0.25, -0.2) is 0 Å². The van der Waals surface area contributed by atoms with Crippen LogP contribution >= 0.6 is 0 Å². The molecule has 4 nitrogen and oxygen atoms in total. The molecule has 1 fully saturated rings. The molecule has 95 valence electrons. The van der Waals surface area contributed by atoms with Crippen molar-refractivity contribution in [2.75, 3.05) is 13.4 Å². The smallest absolute Gasteiger partial charge is 0.147 e. The van der Waals surface area contributed by atoms with Gasteiger partial charge in [0.25, 0.3) is 0 Å². The van der Waals surface area contributed by atoms with Crippen molar-refractivity contribution in [1.29, 1.82) is 0 Å². The van der Waals surface area contributed by atoms with Gasteiger partial charge in [0.15, 0.2) is 0 Å². The minimum atomic E-state index is -0.362. The largest absolute Gasteiger partial charge is 0.356 e. The molecule has 1 heterocycles. The van der Waals surface area contributed by atoms with E-state index < -0.39 is 0 Å². The molecule has 0 aromatic rings. The van der Waals surface area contributed by atoms with Crippen LogP contribution in [0.3, 0.4) is 0 Å². The normalized spacial score (nSPS) is 25.9. The number of piperidine rings is 1. The molecule has 0 unspecified atom stereocenters. The SMILES string of the molecule is CCOCOC1CC(C)(C)N([O])C(C)(C)C1. The van der Waals surface area contributed by atoms with Crippen LogP contribution in [-0.4, -0.2) is 35.6 Å². The first-order chi connectivity index (χ1) is 7.29. The molecule has 16 heavy (non-hydrogen) atoms. The van der Waals surface area contributed by atoms with Gasteiger partial charge in [-0.05, 0) is 47.5 Å². The summed E-state index contributed by atoms with van der Waals surface area (Å²) in [6.45, 7) is 10.8. The third kappa shape index (κ3) is 3.17. The van der Waals surface area contributed by atoms with Gasteiger partial charge in [0.05, 0.1) is 6.10 Å². The van der Waals surface area contributed by atoms with Crippen molar-refractivity contribution in [3.63, 3.8) is 0 Å². The molecule has 0 amide bonds. The zero-order valence-electron chi connectivity index (χ0n) is 11.1. The van der Waals surface area contributed by atoms with Gasteiger partial charge in [0.1, 0.15) is 6.79 Å². The highest BCUT2D eigenvalue weighted by molar-refractivity contribution is 4.96. The second-order valence-corrected chi connectivity index (χ2v) is 5.73. The molecule has 0 bridgehead atoms. The zero-order valence-corrected chi connectivity index (χ0v) is 11.1. The molecule has 4 heteroatoms. The lowest BCUT2D eigenvalue weighted by atomic mass is 9.80. The van der Waals surface area contributed by atoms with Crippen molar-refractivity contribution < 1.29 is 14.7 Å². The molecule has 1 radical (unpaired) electrons. The van der Waals surface area contributed by atoms with Crippen molar-refractivity contribution in [1.82, 2.24) is 5.06 Å². The Bertz CT molecular complexity index is 210. The van der Waals surface area contributed by atoms with Crippen LogP contribution in [-0.2, 0) is 14.7 Å². The van der Waals surface area contributed by atoms with Gasteiger partial charge in [0, 0.05) is 17.7 Å². The first-order valence-corrected chi connectivity index (χ1v) is 5.96. The summed E-state index contributed by atoms with van der Waals surface area (Å²) in [6.07, 6.45) is 1.63. The average molecular weight is 230 g/mol. The van der Waals surface area contributed by atoms with Gasteiger partial charge in [0.2, 0.25) is 0 Å². The third-order valence-electron chi connectivity index (χ3n) is 3.15. The van der Waals surface area contributed by atoms with Gasteiger partial charge >= 0.3 is 0 Å². The van der Waals surface area contributed by atoms with Crippen LogP contribution in [0.4, 0.5) is 0 Å². The summed E-state index contributed by atoms with van der Waals surface area (Å²) < 4.78 is 10.8. The molecule has 0 aliphatic carbocycles. The molecule has 1 aliphatic rings. The number of hydroxylamine groups is 2. The molecule has 0 atom stereocenters. The zero-order chi connectivity index (χ0) is 12.4. The van der Waals surface area contributed by atoms with E-state index in [1.165, 1.54) is 5.06 Å². The predicted octanol–water partition coefficient (Wildman–Crippen LogP) is 2.36. The van der Waals surface area contributed by atoms with Crippen LogP contribution in [0, 0.1) is 0 Å². The minimum absolute atomic E-state index is 0.113. The first-order valence-electron chi connectivity index (χ1n) is 5.96. The van der Waals surface area contributed by atoms with Crippen LogP contribution in [0.15, 0.2) is 0 Å². The van der Waals surface area contributed by atoms with Crippen LogP contribution in [0.2, 0.25) is 0 Å². The highest BCUT2D eigenvalue weighted by atomic mass is 16.7. The molecule has 1 saturated heterocycles. The second kappa shape index (κ2) is 5.00. The predicted molar refractivity (Wildman–Crippen MR) is 61.3 cm³/mol. The summed E-state index contributed by atoms with van der Waals surface area (Å²) in [6, 6.07) is 0. The van der Waals surface area contributed by atoms with E-state index in [4.69, 9.17) is 9.47 Å². The Hall–Kier alpha value is -0.160. The fraction of sp³-hybridized carbons (Fsp3) is 1.00. The maximum Gasteiger partial charge on any atom is 0.147 e. The summed E-state index contributed by atoms with van der Waals surface area (Å²) in [4.78, 5) is 0. The summed E-state index contributed by atoms with van der Waals surface area (Å²) in [5.41, 5.74) is -0.725. The van der Waals surface area contributed by atoms with Gasteiger partial charge in [-0.2, -0.15) is 0 Å². The quantitative estimate of drug-likeness (QED) is 0.550. The first kappa shape index (κ1) is 13.9. The standard InChI is InChI=1S/C12H24NO3/c1-6-15-9-16-10-7-11(2,3)13(14)12(4,5)8-10/h10H,6-9H2,1-5H3. The monoisotopic (exact) mass is 230 g/mol. The van der Waals surface area contributed by atoms with E-state index in [0.29, 0.717) is 13.4 Å². The number of hydrogen-bond acceptors (Lipinski definition) is 3. The molecule has 0 aromatic carbocycles. The number of nitrogens with zero attached hydrogens (tertiary/aromatic N) is 1. The van der Waals surface area contributed by atoms with E-state index in [1.807, 2.05) is 34.6 Å². The van der Waals surface area contributed by atoms with E-state index in [1.54, 1.807) is 0 Å². The van der Waals surface area contributed by atoms with Crippen LogP contribution in [0.5, 0.6) is 0 Å². The Morgan fingerprint density at radius 2 is 1.69 bits per heavy atom. The van der Waals surface area contributed by atoms with E-state index in [-0.39, 0.29) is 17.2 Å². The maximum absolute atomic E-state index is 12.1. The van der Waals surface area contributed by atoms with Crippen molar-refractivity contribution in [2.24, 2.45) is 0 Å². The van der Waals surface area contributed by atoms with Crippen LogP contribution < -0.4 is 0 Å². The Morgan fingerprint density at radius 3 is 2.12 bits per heavy atom. The lowest BCUT2D eigenvalue weighted by molar-refractivity contribution is -0.304. The number of rotatable bonds is 4. The Morgan fingerprint density at radius 1 is 1.19 bits per heavy atom. The third-order valence-corrected chi connectivity index (χ3v) is 3.15. The van der Waals surface area contributed by atoms with Crippen molar-refractivity contribution >= 4 is 0 Å². The van der Waals surface area contributed by atoms with Crippen molar-refractivity contribution in [3.05, 3.63) is 0 Å². The maximum atomic E-state index is 12.1. The molecule has 1 rings (SSSR count). The van der Waals surface area contributed by atoms with E-state index in [0.717, 1.165) is 12.8 Å². The molecule has 1 aliphatic heterocycles. The molecule has 0 spiro atoms. The van der Waals surface area contributed by atoms with Gasteiger partial charge in [-0.15, -0.1) is 10.3 Å². The average Bonchev–Trinajstić information content (AvgIpc) is 2.14. The Balaban J connectivity index is 2.57. The highest BCUT2D eigenvalue weighted by Gasteiger charge is 2.46. The summed E-state index contributed by atoms with van der Waals surface area (Å²) >= 11 is 0. The summed E-state index contributed by atoms with van der Waals surface area (Å²) in [7, 11) is 0. The lowest BCUT2D eigenvalue weighted by Gasteiger charge is -2.49. The van der Waals surface area contributed by atoms with Crippen molar-refractivity contribution in [2.45, 2.75) is 64.6 Å². The van der Waals surface area contributed by atoms with Gasteiger partial charge in [-0.1, -0.05) is 0 Å². The molecule has 0 saturated carbocycles. The highest BCUT2D eigenvalue weighted by Crippen LogP contribution is 2.38. The van der Waals surface area contributed by atoms with E-state index >= 15 is 0 Å². The minimum Gasteiger partial charge on any atom is -0.356 e. The summed E-state index contributed by atoms with van der Waals surface area (Å²) in [5.74, 6) is 0. The Kier molecular flexibility index (Phi) is 4.35. The van der Waals surface area contributed by atoms with Gasteiger partial charge < -0.3 is 9.47 Å². The molecule has 0 aromatic heterocycles. The van der Waals surface area contributed by atoms with Crippen LogP contribution in [0.25, 0.3) is 0 Å². The topological polar surface area (TPSA) is 41.6 Å². The second-order valence-electron chi connectivity index (χ2n) is 5.73. The summed E-state index contributed by atoms with van der Waals surface area (Å²) in [5, 5.41) is 13.3. The van der Waals surface area contributed by atoms with Crippen molar-refractivity contribution in [3.8, 4) is 0 Å². The fourth-order valence-electron chi connectivity index (χ4n) is 2.52. The molecular weight excluding hydrogens is 206 g/mol. The lowest BCUT2D eigenvalue weighted by Crippen LogP contribution is -2.59. The molecular formula is C12H24NO3. The van der Waals surface area contributed by atoms with Gasteiger partial charge in [-0.3, -0.25) is 0 Å². The fourth-order valence-corrected chi connectivity index (χ4v) is 2.52. The Labute approximate surface area is 98.5 Å². The van der Waals surface area contributed by atoms with Crippen LogP contribution in [0.1, 0.15) is 47.5 Å². The number of ether oxygens (including phenoxy) is 2. The number of hydrogen-bond donors (Lipinski definition) is 0.